The summed E-state index contributed by atoms with van der Waals surface area (Å²) < 4.78 is 5.40. The number of ether oxygens (including phenoxy) is 1. The average Bonchev–Trinajstić information content (AvgIpc) is 2.64. The van der Waals surface area contributed by atoms with E-state index < -0.39 is 0 Å². The Hall–Kier alpha value is -0.330. The molecule has 1 heterocycles. The molecule has 82 valence electrons. The van der Waals surface area contributed by atoms with E-state index in [1.807, 2.05) is 6.07 Å². The van der Waals surface area contributed by atoms with Crippen molar-refractivity contribution < 1.29 is 14.3 Å². The molecule has 0 N–H and O–H groups in total. The predicted octanol–water partition coefficient (Wildman–Crippen LogP) is 2.60. The van der Waals surface area contributed by atoms with Gasteiger partial charge in [0, 0.05) is 0 Å². The number of thioether (sulfide) groups is 1. The number of hydrogen-bond donors (Lipinski definition) is 0. The molecule has 0 aromatic carbocycles. The van der Waals surface area contributed by atoms with E-state index in [1.165, 1.54) is 30.2 Å². The van der Waals surface area contributed by atoms with Crippen LogP contribution < -0.4 is 0 Å². The largest absolute Gasteiger partial charge is 0.468 e. The lowest BCUT2D eigenvalue weighted by Crippen LogP contribution is -2.07. The Kier molecular flexibility index (Phi) is 5.35. The van der Waals surface area contributed by atoms with Crippen molar-refractivity contribution in [3.8, 4) is 0 Å². The lowest BCUT2D eigenvalue weighted by atomic mass is 10.4. The molecule has 0 aliphatic rings. The maximum absolute atomic E-state index is 11.5. The molecule has 1 rings (SSSR count). The summed E-state index contributed by atoms with van der Waals surface area (Å²) in [7, 11) is 1.33. The van der Waals surface area contributed by atoms with Crippen LogP contribution in [0.5, 0.6) is 0 Å². The minimum Gasteiger partial charge on any atom is -0.468 e. The first-order valence-corrected chi connectivity index (χ1v) is 6.83. The van der Waals surface area contributed by atoms with Crippen LogP contribution in [-0.4, -0.2) is 30.4 Å². The number of methoxy groups -OCH3 is 1. The highest BCUT2D eigenvalue weighted by molar-refractivity contribution is 9.11. The summed E-state index contributed by atoms with van der Waals surface area (Å²) in [5, 5.41) is 0. The maximum atomic E-state index is 11.5. The van der Waals surface area contributed by atoms with E-state index in [4.69, 9.17) is 0 Å². The van der Waals surface area contributed by atoms with Crippen molar-refractivity contribution in [2.75, 3.05) is 18.6 Å². The molecule has 3 nitrogen and oxygen atoms in total. The van der Waals surface area contributed by atoms with Crippen molar-refractivity contribution in [1.29, 1.82) is 0 Å². The molecular formula is C9H9BrO3S2. The fourth-order valence-electron chi connectivity index (χ4n) is 0.821. The Morgan fingerprint density at radius 2 is 2.20 bits per heavy atom. The van der Waals surface area contributed by atoms with Crippen LogP contribution in [0.2, 0.25) is 0 Å². The molecule has 0 amide bonds. The molecule has 15 heavy (non-hydrogen) atoms. The molecule has 1 aromatic heterocycles. The Bertz CT molecular complexity index is 362. The van der Waals surface area contributed by atoms with E-state index in [2.05, 4.69) is 20.7 Å². The topological polar surface area (TPSA) is 43.4 Å². The molecule has 0 atom stereocenters. The number of carbonyl (C=O) groups excluding carboxylic acids is 2. The zero-order valence-corrected chi connectivity index (χ0v) is 11.2. The van der Waals surface area contributed by atoms with Gasteiger partial charge in [-0.25, -0.2) is 0 Å². The van der Waals surface area contributed by atoms with Crippen molar-refractivity contribution in [3.05, 3.63) is 20.8 Å². The Morgan fingerprint density at radius 1 is 1.47 bits per heavy atom. The van der Waals surface area contributed by atoms with E-state index in [0.717, 1.165) is 3.79 Å². The van der Waals surface area contributed by atoms with Crippen LogP contribution >= 0.6 is 39.0 Å². The number of esters is 1. The first-order chi connectivity index (χ1) is 7.13. The molecule has 0 saturated heterocycles. The summed E-state index contributed by atoms with van der Waals surface area (Å²) >= 11 is 5.95. The predicted molar refractivity (Wildman–Crippen MR) is 65.7 cm³/mol. The van der Waals surface area contributed by atoms with E-state index >= 15 is 0 Å². The molecule has 0 radical (unpaired) electrons. The van der Waals surface area contributed by atoms with Gasteiger partial charge in [-0.05, 0) is 28.1 Å². The van der Waals surface area contributed by atoms with E-state index in [9.17, 15) is 9.59 Å². The van der Waals surface area contributed by atoms with Crippen LogP contribution in [0.4, 0.5) is 0 Å². The summed E-state index contributed by atoms with van der Waals surface area (Å²) in [6.07, 6.45) is 0. The Morgan fingerprint density at radius 3 is 2.73 bits per heavy atom. The summed E-state index contributed by atoms with van der Waals surface area (Å²) in [4.78, 5) is 23.0. The van der Waals surface area contributed by atoms with E-state index in [1.54, 1.807) is 6.07 Å². The van der Waals surface area contributed by atoms with Crippen LogP contribution in [-0.2, 0) is 9.53 Å². The SMILES string of the molecule is COC(=O)CSCC(=O)c1ccc(Br)s1. The fourth-order valence-corrected chi connectivity index (χ4v) is 2.96. The maximum Gasteiger partial charge on any atom is 0.315 e. The third-order valence-electron chi connectivity index (χ3n) is 1.53. The molecule has 0 saturated carbocycles. The normalized spacial score (nSPS) is 10.0. The molecular weight excluding hydrogens is 300 g/mol. The zero-order valence-electron chi connectivity index (χ0n) is 7.99. The molecule has 0 aliphatic carbocycles. The van der Waals surface area contributed by atoms with Crippen LogP contribution in [0, 0.1) is 0 Å². The highest BCUT2D eigenvalue weighted by atomic mass is 79.9. The summed E-state index contributed by atoms with van der Waals surface area (Å²) in [5.41, 5.74) is 0. The number of rotatable bonds is 5. The second kappa shape index (κ2) is 6.30. The first kappa shape index (κ1) is 12.7. The summed E-state index contributed by atoms with van der Waals surface area (Å²) in [6.45, 7) is 0. The van der Waals surface area contributed by atoms with Gasteiger partial charge in [-0.3, -0.25) is 9.59 Å². The highest BCUT2D eigenvalue weighted by Crippen LogP contribution is 2.23. The molecule has 0 spiro atoms. The highest BCUT2D eigenvalue weighted by Gasteiger charge is 2.09. The molecule has 0 fully saturated rings. The molecule has 0 bridgehead atoms. The standard InChI is InChI=1S/C9H9BrO3S2/c1-13-9(12)5-14-4-6(11)7-2-3-8(10)15-7/h2-3H,4-5H2,1H3. The zero-order chi connectivity index (χ0) is 11.3. The molecule has 0 unspecified atom stereocenters. The van der Waals surface area contributed by atoms with Gasteiger partial charge in [0.2, 0.25) is 0 Å². The van der Waals surface area contributed by atoms with Gasteiger partial charge in [0.05, 0.1) is 27.3 Å². The number of hydrogen-bond acceptors (Lipinski definition) is 5. The van der Waals surface area contributed by atoms with Gasteiger partial charge in [-0.15, -0.1) is 23.1 Å². The third-order valence-corrected chi connectivity index (χ3v) is 4.10. The van der Waals surface area contributed by atoms with Crippen LogP contribution in [0.1, 0.15) is 9.67 Å². The smallest absolute Gasteiger partial charge is 0.315 e. The second-order valence-electron chi connectivity index (χ2n) is 2.60. The Labute approximate surface area is 104 Å². The number of carbonyl (C=O) groups is 2. The van der Waals surface area contributed by atoms with Gasteiger partial charge in [0.1, 0.15) is 0 Å². The van der Waals surface area contributed by atoms with Gasteiger partial charge in [0.15, 0.2) is 5.78 Å². The lowest BCUT2D eigenvalue weighted by molar-refractivity contribution is -0.137. The van der Waals surface area contributed by atoms with Crippen LogP contribution in [0.25, 0.3) is 0 Å². The Balaban J connectivity index is 2.34. The van der Waals surface area contributed by atoms with Gasteiger partial charge < -0.3 is 4.74 Å². The number of halogens is 1. The average molecular weight is 309 g/mol. The number of ketones is 1. The third kappa shape index (κ3) is 4.36. The summed E-state index contributed by atoms with van der Waals surface area (Å²) in [5.74, 6) is 0.261. The van der Waals surface area contributed by atoms with Crippen LogP contribution in [0.15, 0.2) is 15.9 Å². The van der Waals surface area contributed by atoms with Crippen molar-refractivity contribution in [1.82, 2.24) is 0 Å². The molecule has 1 aromatic rings. The monoisotopic (exact) mass is 308 g/mol. The molecule has 6 heteroatoms. The van der Waals surface area contributed by atoms with Crippen LogP contribution in [0.3, 0.4) is 0 Å². The van der Waals surface area contributed by atoms with E-state index in [0.29, 0.717) is 10.6 Å². The minimum absolute atomic E-state index is 0.0413. The van der Waals surface area contributed by atoms with Gasteiger partial charge >= 0.3 is 5.97 Å². The minimum atomic E-state index is -0.305. The molecule has 0 aliphatic heterocycles. The van der Waals surface area contributed by atoms with Crippen molar-refractivity contribution in [3.63, 3.8) is 0 Å². The van der Waals surface area contributed by atoms with Crippen molar-refractivity contribution in [2.24, 2.45) is 0 Å². The van der Waals surface area contributed by atoms with Gasteiger partial charge in [-0.1, -0.05) is 0 Å². The fraction of sp³-hybridized carbons (Fsp3) is 0.333. The summed E-state index contributed by atoms with van der Waals surface area (Å²) in [6, 6.07) is 3.61. The first-order valence-electron chi connectivity index (χ1n) is 4.06. The van der Waals surface area contributed by atoms with Gasteiger partial charge in [0.25, 0.3) is 0 Å². The second-order valence-corrected chi connectivity index (χ2v) is 6.04. The van der Waals surface area contributed by atoms with Crippen molar-refractivity contribution in [2.45, 2.75) is 0 Å². The quantitative estimate of drug-likeness (QED) is 0.619. The van der Waals surface area contributed by atoms with Gasteiger partial charge in [-0.2, -0.15) is 0 Å². The lowest BCUT2D eigenvalue weighted by Gasteiger charge is -1.98. The number of Topliss-reactive ketones (excluding diaryl/α,β-unsaturated/α-hetero) is 1. The number of thiophene rings is 1. The van der Waals surface area contributed by atoms with Crippen molar-refractivity contribution >= 4 is 50.8 Å². The van der Waals surface area contributed by atoms with E-state index in [-0.39, 0.29) is 17.5 Å².